The van der Waals surface area contributed by atoms with E-state index in [0.717, 1.165) is 0 Å². The molecule has 10 nitrogen and oxygen atoms in total. The van der Waals surface area contributed by atoms with E-state index in [4.69, 9.17) is 0 Å². The van der Waals surface area contributed by atoms with Crippen LogP contribution in [0.4, 0.5) is 0 Å². The molecular weight excluding hydrogens is 406 g/mol. The van der Waals surface area contributed by atoms with Crippen LogP contribution in [-0.2, 0) is 18.4 Å². The molecule has 0 radical (unpaired) electrons. The number of aromatic nitrogens is 6. The molecule has 0 bridgehead atoms. The Morgan fingerprint density at radius 1 is 1.13 bits per heavy atom. The molecule has 1 aromatic carbocycles. The molecule has 1 unspecified atom stereocenters. The molecule has 0 aliphatic rings. The first kappa shape index (κ1) is 19.7. The van der Waals surface area contributed by atoms with Gasteiger partial charge in [-0.05, 0) is 40.9 Å². The molecule has 1 N–H and O–H groups in total. The molecule has 1 amide bonds. The average Bonchev–Trinajstić information content (AvgIpc) is 3.40. The van der Waals surface area contributed by atoms with Gasteiger partial charge in [0, 0.05) is 19.0 Å². The van der Waals surface area contributed by atoms with Crippen molar-refractivity contribution in [1.82, 2.24) is 34.9 Å². The minimum Gasteiger partial charge on any atom is -0.354 e. The second kappa shape index (κ2) is 8.03. The summed E-state index contributed by atoms with van der Waals surface area (Å²) in [5, 5.41) is 18.5. The van der Waals surface area contributed by atoms with E-state index in [1.54, 1.807) is 44.3 Å². The van der Waals surface area contributed by atoms with Crippen LogP contribution in [0.3, 0.4) is 0 Å². The molecule has 0 saturated heterocycles. The summed E-state index contributed by atoms with van der Waals surface area (Å²) in [6, 6.07) is 10.7. The zero-order chi connectivity index (χ0) is 21.3. The van der Waals surface area contributed by atoms with Crippen molar-refractivity contribution in [2.45, 2.75) is 19.4 Å². The van der Waals surface area contributed by atoms with Crippen molar-refractivity contribution in [2.75, 3.05) is 6.54 Å². The number of carbonyl (C=O) groups is 1. The topological polar surface area (TPSA) is 117 Å². The van der Waals surface area contributed by atoms with Crippen LogP contribution in [0, 0.1) is 0 Å². The van der Waals surface area contributed by atoms with E-state index in [9.17, 15) is 14.4 Å². The van der Waals surface area contributed by atoms with Crippen molar-refractivity contribution in [3.05, 3.63) is 68.3 Å². The molecule has 3 aromatic heterocycles. The molecule has 0 aliphatic carbocycles. The predicted molar refractivity (Wildman–Crippen MR) is 112 cm³/mol. The largest absolute Gasteiger partial charge is 0.369 e. The van der Waals surface area contributed by atoms with Crippen LogP contribution >= 0.6 is 11.3 Å². The second-order valence-electron chi connectivity index (χ2n) is 6.72. The van der Waals surface area contributed by atoms with Gasteiger partial charge < -0.3 is 5.32 Å². The third kappa shape index (κ3) is 3.54. The van der Waals surface area contributed by atoms with Gasteiger partial charge in [-0.25, -0.2) is 9.48 Å². The van der Waals surface area contributed by atoms with Crippen LogP contribution in [-0.4, -0.2) is 42.0 Å². The number of amides is 1. The lowest BCUT2D eigenvalue weighted by Crippen LogP contribution is -2.35. The number of rotatable bonds is 6. The summed E-state index contributed by atoms with van der Waals surface area (Å²) in [6.07, 6.45) is 0. The first-order valence-corrected chi connectivity index (χ1v) is 10.2. The fourth-order valence-electron chi connectivity index (χ4n) is 3.15. The van der Waals surface area contributed by atoms with Gasteiger partial charge in [0.05, 0.1) is 23.5 Å². The molecule has 1 atom stereocenters. The summed E-state index contributed by atoms with van der Waals surface area (Å²) in [5.74, 6) is -0.842. The fourth-order valence-corrected chi connectivity index (χ4v) is 3.82. The van der Waals surface area contributed by atoms with Gasteiger partial charge in [0.1, 0.15) is 5.00 Å². The molecule has 0 spiro atoms. The molecule has 154 valence electrons. The smallest absolute Gasteiger partial charge is 0.354 e. The highest BCUT2D eigenvalue weighted by atomic mass is 32.1. The highest BCUT2D eigenvalue weighted by Crippen LogP contribution is 2.21. The standard InChI is InChI=1S/C19H19N7O3S/c1-12(16-13-6-3-4-7-14(13)18(28)24(2)21-16)17(27)20-9-10-25-19(29)26(23-22-25)15-8-5-11-30-15/h3-8,11-12H,9-10H2,1-2H3,(H,20,27). The number of carbonyl (C=O) groups excluding carboxylic acids is 1. The Labute approximate surface area is 174 Å². The number of thiophene rings is 1. The van der Waals surface area contributed by atoms with Crippen molar-refractivity contribution in [2.24, 2.45) is 7.05 Å². The van der Waals surface area contributed by atoms with Crippen LogP contribution in [0.25, 0.3) is 15.8 Å². The number of hydrogen-bond donors (Lipinski definition) is 1. The van der Waals surface area contributed by atoms with Gasteiger partial charge in [0.2, 0.25) is 5.91 Å². The maximum absolute atomic E-state index is 12.7. The molecular formula is C19H19N7O3S. The van der Waals surface area contributed by atoms with E-state index in [-0.39, 0.29) is 30.2 Å². The van der Waals surface area contributed by atoms with Crippen molar-refractivity contribution < 1.29 is 4.79 Å². The Balaban J connectivity index is 1.47. The quantitative estimate of drug-likeness (QED) is 0.485. The monoisotopic (exact) mass is 425 g/mol. The Morgan fingerprint density at radius 2 is 1.90 bits per heavy atom. The van der Waals surface area contributed by atoms with Crippen molar-refractivity contribution >= 4 is 28.0 Å². The Hall–Kier alpha value is -3.60. The molecule has 0 fully saturated rings. The van der Waals surface area contributed by atoms with Crippen LogP contribution in [0.5, 0.6) is 0 Å². The summed E-state index contributed by atoms with van der Waals surface area (Å²) in [7, 11) is 1.56. The number of hydrogen-bond acceptors (Lipinski definition) is 7. The van der Waals surface area contributed by atoms with Gasteiger partial charge in [-0.3, -0.25) is 9.59 Å². The van der Waals surface area contributed by atoms with Gasteiger partial charge in [-0.15, -0.1) is 11.3 Å². The third-order valence-electron chi connectivity index (χ3n) is 4.77. The molecule has 30 heavy (non-hydrogen) atoms. The van der Waals surface area contributed by atoms with E-state index in [1.165, 1.54) is 25.4 Å². The van der Waals surface area contributed by atoms with Gasteiger partial charge in [-0.2, -0.15) is 14.5 Å². The summed E-state index contributed by atoms with van der Waals surface area (Å²) in [6.45, 7) is 2.12. The first-order valence-electron chi connectivity index (χ1n) is 9.27. The third-order valence-corrected chi connectivity index (χ3v) is 5.61. The van der Waals surface area contributed by atoms with Gasteiger partial charge in [-0.1, -0.05) is 18.2 Å². The van der Waals surface area contributed by atoms with Crippen LogP contribution in [0.15, 0.2) is 51.4 Å². The lowest BCUT2D eigenvalue weighted by atomic mass is 10.0. The summed E-state index contributed by atoms with van der Waals surface area (Å²) < 4.78 is 3.66. The molecule has 0 saturated carbocycles. The van der Waals surface area contributed by atoms with E-state index < -0.39 is 5.92 Å². The minimum atomic E-state index is -0.583. The van der Waals surface area contributed by atoms with E-state index in [1.807, 2.05) is 11.4 Å². The summed E-state index contributed by atoms with van der Waals surface area (Å²) >= 11 is 1.38. The fraction of sp³-hybridized carbons (Fsp3) is 0.263. The molecule has 11 heteroatoms. The highest BCUT2D eigenvalue weighted by molar-refractivity contribution is 7.12. The number of nitrogens with zero attached hydrogens (tertiary/aromatic N) is 6. The number of nitrogens with one attached hydrogen (secondary N) is 1. The Kier molecular flexibility index (Phi) is 5.27. The molecule has 0 aliphatic heterocycles. The van der Waals surface area contributed by atoms with Crippen LogP contribution in [0.2, 0.25) is 0 Å². The first-order chi connectivity index (χ1) is 14.5. The van der Waals surface area contributed by atoms with Crippen molar-refractivity contribution in [1.29, 1.82) is 0 Å². The van der Waals surface area contributed by atoms with Gasteiger partial charge >= 0.3 is 5.69 Å². The molecule has 3 heterocycles. The number of aryl methyl sites for hydroxylation is 1. The van der Waals surface area contributed by atoms with Gasteiger partial charge in [0.15, 0.2) is 0 Å². The number of fused-ring (bicyclic) bond motifs is 1. The maximum Gasteiger partial charge on any atom is 0.369 e. The highest BCUT2D eigenvalue weighted by Gasteiger charge is 2.21. The Morgan fingerprint density at radius 3 is 2.63 bits per heavy atom. The van der Waals surface area contributed by atoms with E-state index in [2.05, 4.69) is 20.8 Å². The Bertz CT molecular complexity index is 1320. The lowest BCUT2D eigenvalue weighted by Gasteiger charge is -2.14. The minimum absolute atomic E-state index is 0.185. The second-order valence-corrected chi connectivity index (χ2v) is 7.65. The van der Waals surface area contributed by atoms with Crippen LogP contribution in [0.1, 0.15) is 18.5 Å². The molecule has 4 aromatic rings. The summed E-state index contributed by atoms with van der Waals surface area (Å²) in [4.78, 5) is 37.3. The van der Waals surface area contributed by atoms with Gasteiger partial charge in [0.25, 0.3) is 5.56 Å². The summed E-state index contributed by atoms with van der Waals surface area (Å²) in [5.41, 5.74) is -0.0633. The van der Waals surface area contributed by atoms with E-state index >= 15 is 0 Å². The predicted octanol–water partition coefficient (Wildman–Crippen LogP) is 0.657. The number of benzene rings is 1. The van der Waals surface area contributed by atoms with Crippen molar-refractivity contribution in [3.63, 3.8) is 0 Å². The maximum atomic E-state index is 12.7. The number of tetrazole rings is 1. The SMILES string of the molecule is CC(C(=O)NCCn1nnn(-c2cccs2)c1=O)c1nn(C)c(=O)c2ccccc12. The normalized spacial score (nSPS) is 12.2. The zero-order valence-corrected chi connectivity index (χ0v) is 17.2. The van der Waals surface area contributed by atoms with Crippen molar-refractivity contribution in [3.8, 4) is 5.00 Å². The lowest BCUT2D eigenvalue weighted by molar-refractivity contribution is -0.122. The zero-order valence-electron chi connectivity index (χ0n) is 16.3. The van der Waals surface area contributed by atoms with E-state index in [0.29, 0.717) is 21.5 Å². The average molecular weight is 425 g/mol. The molecule has 4 rings (SSSR count). The van der Waals surface area contributed by atoms with Crippen LogP contribution < -0.4 is 16.6 Å².